The normalized spacial score (nSPS) is 17.3. The first-order valence-electron chi connectivity index (χ1n) is 8.85. The van der Waals surface area contributed by atoms with Crippen LogP contribution >= 0.6 is 0 Å². The first-order valence-corrected chi connectivity index (χ1v) is 8.85. The number of nitrogens with one attached hydrogen (secondary N) is 1. The van der Waals surface area contributed by atoms with Crippen LogP contribution in [0.15, 0.2) is 41.1 Å². The molecule has 1 N–H and O–H groups in total. The molecule has 2 amide bonds. The molecule has 8 heteroatoms. The molecule has 0 aliphatic carbocycles. The van der Waals surface area contributed by atoms with Crippen LogP contribution in [0.2, 0.25) is 0 Å². The van der Waals surface area contributed by atoms with Crippen molar-refractivity contribution in [1.82, 2.24) is 15.1 Å². The van der Waals surface area contributed by atoms with Crippen molar-refractivity contribution < 1.29 is 9.32 Å². The minimum atomic E-state index is -0.231. The van der Waals surface area contributed by atoms with Crippen LogP contribution in [-0.2, 0) is 0 Å². The lowest BCUT2D eigenvalue weighted by Crippen LogP contribution is -2.56. The van der Waals surface area contributed by atoms with Crippen molar-refractivity contribution in [2.45, 2.75) is 26.4 Å². The van der Waals surface area contributed by atoms with Gasteiger partial charge >= 0.3 is 6.03 Å². The predicted octanol–water partition coefficient (Wildman–Crippen LogP) is 3.34. The number of amides is 2. The number of carbonyl (C=O) groups excluding carboxylic acids is 1. The summed E-state index contributed by atoms with van der Waals surface area (Å²) in [5.74, 6) is 1.89. The minimum absolute atomic E-state index is 0.00358. The van der Waals surface area contributed by atoms with E-state index in [4.69, 9.17) is 9.51 Å². The quantitative estimate of drug-likeness (QED) is 0.752. The number of pyridine rings is 2. The molecule has 0 spiro atoms. The van der Waals surface area contributed by atoms with Crippen LogP contribution in [0.5, 0.6) is 0 Å². The molecule has 3 aromatic heterocycles. The van der Waals surface area contributed by atoms with Gasteiger partial charge in [0, 0.05) is 19.2 Å². The molecule has 27 heavy (non-hydrogen) atoms. The van der Waals surface area contributed by atoms with Crippen LogP contribution in [0.4, 0.5) is 22.1 Å². The lowest BCUT2D eigenvalue weighted by molar-refractivity contribution is 0.252. The zero-order chi connectivity index (χ0) is 18.5. The molecule has 0 unspecified atom stereocenters. The van der Waals surface area contributed by atoms with Gasteiger partial charge in [-0.05, 0) is 38.1 Å². The molecular weight excluding hydrogens is 344 g/mol. The van der Waals surface area contributed by atoms with E-state index in [1.54, 1.807) is 17.2 Å². The maximum Gasteiger partial charge on any atom is 0.330 e. The van der Waals surface area contributed by atoms with Crippen LogP contribution < -0.4 is 15.1 Å². The number of urea groups is 1. The summed E-state index contributed by atoms with van der Waals surface area (Å²) in [5, 5.41) is 6.88. The molecule has 5 heterocycles. The van der Waals surface area contributed by atoms with E-state index in [2.05, 4.69) is 20.4 Å². The molecule has 0 radical (unpaired) electrons. The van der Waals surface area contributed by atoms with Crippen molar-refractivity contribution in [2.24, 2.45) is 0 Å². The number of hydrogen-bond acceptors (Lipinski definition) is 6. The van der Waals surface area contributed by atoms with Crippen LogP contribution in [0.25, 0.3) is 11.3 Å². The molecule has 136 valence electrons. The Kier molecular flexibility index (Phi) is 3.40. The topological polar surface area (TPSA) is 87.4 Å². The van der Waals surface area contributed by atoms with Crippen LogP contribution in [0, 0.1) is 13.8 Å². The number of carbonyl (C=O) groups is 1. The van der Waals surface area contributed by atoms with Crippen molar-refractivity contribution >= 4 is 23.4 Å². The zero-order valence-corrected chi connectivity index (χ0v) is 15.0. The summed E-state index contributed by atoms with van der Waals surface area (Å²) in [6, 6.07) is 9.16. The molecule has 3 aromatic rings. The van der Waals surface area contributed by atoms with Crippen molar-refractivity contribution in [3.05, 3.63) is 48.0 Å². The van der Waals surface area contributed by atoms with E-state index in [1.165, 1.54) is 0 Å². The number of fused-ring (bicyclic) bond motifs is 3. The smallest absolute Gasteiger partial charge is 0.330 e. The molecule has 1 saturated heterocycles. The molecule has 1 fully saturated rings. The Balaban J connectivity index is 1.54. The van der Waals surface area contributed by atoms with Gasteiger partial charge < -0.3 is 9.42 Å². The molecule has 5 rings (SSSR count). The first kappa shape index (κ1) is 15.8. The van der Waals surface area contributed by atoms with Gasteiger partial charge in [-0.3, -0.25) is 10.2 Å². The SMILES string of the molecule is Cc1noc(C)c1-c1ccc2c(n1)N(C(=O)Nc1ccccn1)[C@H]1CCN21. The minimum Gasteiger partial charge on any atom is -0.361 e. The largest absolute Gasteiger partial charge is 0.361 e. The summed E-state index contributed by atoms with van der Waals surface area (Å²) in [6.45, 7) is 4.67. The maximum absolute atomic E-state index is 13.0. The van der Waals surface area contributed by atoms with E-state index in [0.717, 1.165) is 35.6 Å². The monoisotopic (exact) mass is 362 g/mol. The van der Waals surface area contributed by atoms with Crippen molar-refractivity contribution in [1.29, 1.82) is 0 Å². The van der Waals surface area contributed by atoms with Gasteiger partial charge in [0.2, 0.25) is 0 Å². The Morgan fingerprint density at radius 3 is 2.81 bits per heavy atom. The van der Waals surface area contributed by atoms with Gasteiger partial charge in [0.25, 0.3) is 0 Å². The molecular formula is C19H18N6O2. The highest BCUT2D eigenvalue weighted by atomic mass is 16.5. The average molecular weight is 362 g/mol. The third kappa shape index (κ3) is 2.37. The highest BCUT2D eigenvalue weighted by molar-refractivity contribution is 6.06. The van der Waals surface area contributed by atoms with E-state index in [1.807, 2.05) is 38.1 Å². The fourth-order valence-corrected chi connectivity index (χ4v) is 3.73. The predicted molar refractivity (Wildman–Crippen MR) is 101 cm³/mol. The Morgan fingerprint density at radius 2 is 2.15 bits per heavy atom. The molecule has 2 aliphatic rings. The van der Waals surface area contributed by atoms with Gasteiger partial charge in [-0.15, -0.1) is 0 Å². The van der Waals surface area contributed by atoms with Crippen LogP contribution in [0.3, 0.4) is 0 Å². The van der Waals surface area contributed by atoms with Gasteiger partial charge in [-0.25, -0.2) is 14.8 Å². The fourth-order valence-electron chi connectivity index (χ4n) is 3.73. The molecule has 1 atom stereocenters. The number of nitrogens with zero attached hydrogens (tertiary/aromatic N) is 5. The average Bonchev–Trinajstić information content (AvgIpc) is 3.08. The summed E-state index contributed by atoms with van der Waals surface area (Å²) < 4.78 is 5.28. The van der Waals surface area contributed by atoms with Crippen LogP contribution in [0.1, 0.15) is 17.9 Å². The summed E-state index contributed by atoms with van der Waals surface area (Å²) in [5.41, 5.74) is 3.38. The van der Waals surface area contributed by atoms with Gasteiger partial charge in [0.05, 0.1) is 22.6 Å². The molecule has 0 bridgehead atoms. The highest BCUT2D eigenvalue weighted by Crippen LogP contribution is 2.45. The number of aromatic nitrogens is 3. The summed E-state index contributed by atoms with van der Waals surface area (Å²) in [7, 11) is 0. The highest BCUT2D eigenvalue weighted by Gasteiger charge is 2.46. The molecule has 0 saturated carbocycles. The lowest BCUT2D eigenvalue weighted by Gasteiger charge is -2.39. The number of rotatable bonds is 2. The summed E-state index contributed by atoms with van der Waals surface area (Å²) in [4.78, 5) is 25.9. The second kappa shape index (κ2) is 5.80. The first-order chi connectivity index (χ1) is 13.1. The summed E-state index contributed by atoms with van der Waals surface area (Å²) >= 11 is 0. The Labute approximate surface area is 155 Å². The summed E-state index contributed by atoms with van der Waals surface area (Å²) in [6.07, 6.45) is 2.56. The maximum atomic E-state index is 13.0. The molecule has 8 nitrogen and oxygen atoms in total. The van der Waals surface area contributed by atoms with E-state index < -0.39 is 0 Å². The Hall–Kier alpha value is -3.42. The zero-order valence-electron chi connectivity index (χ0n) is 15.0. The van der Waals surface area contributed by atoms with Crippen molar-refractivity contribution in [3.63, 3.8) is 0 Å². The van der Waals surface area contributed by atoms with E-state index in [9.17, 15) is 4.79 Å². The second-order valence-electron chi connectivity index (χ2n) is 6.72. The van der Waals surface area contributed by atoms with E-state index >= 15 is 0 Å². The van der Waals surface area contributed by atoms with Crippen LogP contribution in [-0.4, -0.2) is 33.9 Å². The molecule has 0 aromatic carbocycles. The van der Waals surface area contributed by atoms with Gasteiger partial charge in [0.15, 0.2) is 5.82 Å². The van der Waals surface area contributed by atoms with Gasteiger partial charge in [-0.1, -0.05) is 11.2 Å². The van der Waals surface area contributed by atoms with Crippen molar-refractivity contribution in [3.8, 4) is 11.3 Å². The van der Waals surface area contributed by atoms with E-state index in [0.29, 0.717) is 17.4 Å². The Morgan fingerprint density at radius 1 is 1.26 bits per heavy atom. The van der Waals surface area contributed by atoms with E-state index in [-0.39, 0.29) is 12.2 Å². The Bertz CT molecular complexity index is 1010. The third-order valence-corrected chi connectivity index (χ3v) is 5.09. The standard InChI is InChI=1S/C19H18N6O2/c1-11-17(12(2)27-23-11)13-6-7-14-18(21-13)25(16-8-10-24(14)16)19(26)22-15-5-3-4-9-20-15/h3-7,9,16H,8,10H2,1-2H3,(H,20,22,26)/t16-/m0/s1. The third-order valence-electron chi connectivity index (χ3n) is 5.09. The van der Waals surface area contributed by atoms with Gasteiger partial charge in [0.1, 0.15) is 17.7 Å². The number of hydrogen-bond donors (Lipinski definition) is 1. The fraction of sp³-hybridized carbons (Fsp3) is 0.263. The second-order valence-corrected chi connectivity index (χ2v) is 6.72. The molecule has 2 aliphatic heterocycles. The van der Waals surface area contributed by atoms with Crippen molar-refractivity contribution in [2.75, 3.05) is 21.7 Å². The number of aryl methyl sites for hydroxylation is 2. The number of anilines is 3. The van der Waals surface area contributed by atoms with Gasteiger partial charge in [-0.2, -0.15) is 0 Å². The lowest BCUT2D eigenvalue weighted by atomic mass is 10.1.